The van der Waals surface area contributed by atoms with Gasteiger partial charge in [0.15, 0.2) is 5.82 Å². The Labute approximate surface area is 216 Å². The van der Waals surface area contributed by atoms with E-state index in [-0.39, 0.29) is 0 Å². The van der Waals surface area contributed by atoms with Crippen molar-refractivity contribution in [3.05, 3.63) is 133 Å². The summed E-state index contributed by atoms with van der Waals surface area (Å²) < 4.78 is 0. The fourth-order valence-corrected chi connectivity index (χ4v) is 4.23. The lowest BCUT2D eigenvalue weighted by molar-refractivity contribution is 1.15. The highest BCUT2D eigenvalue weighted by Crippen LogP contribution is 2.28. The van der Waals surface area contributed by atoms with Crippen LogP contribution in [0.1, 0.15) is 5.56 Å². The van der Waals surface area contributed by atoms with E-state index in [1.54, 1.807) is 0 Å². The summed E-state index contributed by atoms with van der Waals surface area (Å²) in [4.78, 5) is 19.3. The van der Waals surface area contributed by atoms with Crippen LogP contribution in [0.3, 0.4) is 0 Å². The first-order valence-corrected chi connectivity index (χ1v) is 12.2. The van der Waals surface area contributed by atoms with Crippen LogP contribution in [0.5, 0.6) is 0 Å². The molecule has 0 saturated carbocycles. The highest BCUT2D eigenvalue weighted by molar-refractivity contribution is 5.72. The molecule has 4 heteroatoms. The summed E-state index contributed by atoms with van der Waals surface area (Å²) in [6.07, 6.45) is 3.79. The monoisotopic (exact) mass is 476 g/mol. The van der Waals surface area contributed by atoms with E-state index in [2.05, 4.69) is 67.6 Å². The molecular weight excluding hydrogens is 452 g/mol. The van der Waals surface area contributed by atoms with Gasteiger partial charge in [0.05, 0.1) is 22.8 Å². The standard InChI is InChI=1S/C33H24N4/c1-23-12-14-26(15-13-23)33-36-31(29-18-16-27(21-34-29)24-8-4-2-5-9-24)20-32(37-33)30-19-17-28(22-35-30)25-10-6-3-7-11-25/h2-22H,1H3. The van der Waals surface area contributed by atoms with Gasteiger partial charge in [-0.25, -0.2) is 9.97 Å². The molecule has 3 aromatic heterocycles. The number of hydrogen-bond donors (Lipinski definition) is 0. The molecule has 4 nitrogen and oxygen atoms in total. The maximum absolute atomic E-state index is 4.90. The maximum Gasteiger partial charge on any atom is 0.160 e. The van der Waals surface area contributed by atoms with Crippen LogP contribution < -0.4 is 0 Å². The lowest BCUT2D eigenvalue weighted by Crippen LogP contribution is -1.98. The molecule has 37 heavy (non-hydrogen) atoms. The van der Waals surface area contributed by atoms with Gasteiger partial charge in [-0.2, -0.15) is 0 Å². The van der Waals surface area contributed by atoms with E-state index in [9.17, 15) is 0 Å². The van der Waals surface area contributed by atoms with Crippen LogP contribution in [0, 0.1) is 6.92 Å². The Balaban J connectivity index is 1.42. The molecule has 6 rings (SSSR count). The summed E-state index contributed by atoms with van der Waals surface area (Å²) in [5.74, 6) is 0.648. The van der Waals surface area contributed by atoms with Gasteiger partial charge in [-0.15, -0.1) is 0 Å². The Bertz CT molecular complexity index is 1530. The summed E-state index contributed by atoms with van der Waals surface area (Å²) in [5.41, 5.74) is 9.64. The van der Waals surface area contributed by atoms with E-state index in [4.69, 9.17) is 19.9 Å². The molecule has 0 aliphatic carbocycles. The number of rotatable bonds is 5. The Kier molecular flexibility index (Phi) is 6.05. The second kappa shape index (κ2) is 9.96. The lowest BCUT2D eigenvalue weighted by Gasteiger charge is -2.10. The average Bonchev–Trinajstić information content (AvgIpc) is 2.98. The highest BCUT2D eigenvalue weighted by Gasteiger charge is 2.13. The summed E-state index contributed by atoms with van der Waals surface area (Å²) in [6, 6.07) is 38.9. The predicted octanol–water partition coefficient (Wildman–Crippen LogP) is 7.91. The van der Waals surface area contributed by atoms with E-state index in [0.717, 1.165) is 50.6 Å². The van der Waals surface area contributed by atoms with Crippen LogP contribution >= 0.6 is 0 Å². The van der Waals surface area contributed by atoms with Crippen LogP contribution in [0.2, 0.25) is 0 Å². The van der Waals surface area contributed by atoms with Crippen molar-refractivity contribution in [3.8, 4) is 56.4 Å². The van der Waals surface area contributed by atoms with Gasteiger partial charge in [-0.3, -0.25) is 9.97 Å². The molecule has 0 aliphatic heterocycles. The number of aryl methyl sites for hydroxylation is 1. The third kappa shape index (κ3) is 4.91. The van der Waals surface area contributed by atoms with Gasteiger partial charge in [0, 0.05) is 29.1 Å². The van der Waals surface area contributed by atoms with Crippen LogP contribution in [0.15, 0.2) is 128 Å². The van der Waals surface area contributed by atoms with E-state index in [0.29, 0.717) is 5.82 Å². The first-order chi connectivity index (χ1) is 18.2. The average molecular weight is 477 g/mol. The van der Waals surface area contributed by atoms with Gasteiger partial charge in [-0.1, -0.05) is 103 Å². The quantitative estimate of drug-likeness (QED) is 0.254. The normalized spacial score (nSPS) is 10.8. The molecule has 0 N–H and O–H groups in total. The molecule has 0 saturated heterocycles. The topological polar surface area (TPSA) is 51.6 Å². The van der Waals surface area contributed by atoms with Crippen molar-refractivity contribution >= 4 is 0 Å². The van der Waals surface area contributed by atoms with E-state index < -0.39 is 0 Å². The Morgan fingerprint density at radius 1 is 0.405 bits per heavy atom. The Morgan fingerprint density at radius 2 is 0.865 bits per heavy atom. The van der Waals surface area contributed by atoms with Crippen molar-refractivity contribution in [2.75, 3.05) is 0 Å². The summed E-state index contributed by atoms with van der Waals surface area (Å²) in [6.45, 7) is 2.07. The molecule has 3 heterocycles. The zero-order valence-electron chi connectivity index (χ0n) is 20.4. The molecule has 3 aromatic carbocycles. The second-order valence-electron chi connectivity index (χ2n) is 8.92. The van der Waals surface area contributed by atoms with E-state index >= 15 is 0 Å². The molecule has 0 bridgehead atoms. The number of pyridine rings is 2. The zero-order valence-corrected chi connectivity index (χ0v) is 20.4. The van der Waals surface area contributed by atoms with Crippen LogP contribution in [0.25, 0.3) is 56.4 Å². The van der Waals surface area contributed by atoms with Gasteiger partial charge in [0.2, 0.25) is 0 Å². The first kappa shape index (κ1) is 22.5. The Morgan fingerprint density at radius 3 is 1.30 bits per heavy atom. The van der Waals surface area contributed by atoms with E-state index in [1.165, 1.54) is 5.56 Å². The van der Waals surface area contributed by atoms with Gasteiger partial charge >= 0.3 is 0 Å². The van der Waals surface area contributed by atoms with Crippen molar-refractivity contribution in [3.63, 3.8) is 0 Å². The molecule has 0 unspecified atom stereocenters. The largest absolute Gasteiger partial charge is 0.254 e. The molecule has 0 radical (unpaired) electrons. The van der Waals surface area contributed by atoms with Crippen LogP contribution in [-0.4, -0.2) is 19.9 Å². The van der Waals surface area contributed by atoms with Gasteiger partial charge < -0.3 is 0 Å². The molecular formula is C33H24N4. The van der Waals surface area contributed by atoms with Gasteiger partial charge in [0.1, 0.15) is 0 Å². The first-order valence-electron chi connectivity index (χ1n) is 12.2. The molecule has 176 valence electrons. The van der Waals surface area contributed by atoms with Gasteiger partial charge in [-0.05, 0) is 36.2 Å². The summed E-state index contributed by atoms with van der Waals surface area (Å²) in [5, 5.41) is 0. The van der Waals surface area contributed by atoms with Crippen molar-refractivity contribution < 1.29 is 0 Å². The second-order valence-corrected chi connectivity index (χ2v) is 8.92. The minimum Gasteiger partial charge on any atom is -0.254 e. The van der Waals surface area contributed by atoms with Crippen molar-refractivity contribution in [1.29, 1.82) is 0 Å². The number of nitrogens with zero attached hydrogens (tertiary/aromatic N) is 4. The number of aromatic nitrogens is 4. The molecule has 0 aliphatic rings. The molecule has 6 aromatic rings. The van der Waals surface area contributed by atoms with Gasteiger partial charge in [0.25, 0.3) is 0 Å². The van der Waals surface area contributed by atoms with Crippen LogP contribution in [0.4, 0.5) is 0 Å². The van der Waals surface area contributed by atoms with E-state index in [1.807, 2.05) is 67.0 Å². The number of benzene rings is 3. The fraction of sp³-hybridized carbons (Fsp3) is 0.0303. The third-order valence-corrected chi connectivity index (χ3v) is 6.30. The molecule has 0 fully saturated rings. The lowest BCUT2D eigenvalue weighted by atomic mass is 10.1. The van der Waals surface area contributed by atoms with Crippen molar-refractivity contribution in [1.82, 2.24) is 19.9 Å². The summed E-state index contributed by atoms with van der Waals surface area (Å²) >= 11 is 0. The molecule has 0 amide bonds. The molecule has 0 spiro atoms. The predicted molar refractivity (Wildman–Crippen MR) is 150 cm³/mol. The molecule has 0 atom stereocenters. The Hall–Kier alpha value is -4.96. The SMILES string of the molecule is Cc1ccc(-c2nc(-c3ccc(-c4ccccc4)cn3)cc(-c3ccc(-c4ccccc4)cn3)n2)cc1. The van der Waals surface area contributed by atoms with Crippen molar-refractivity contribution in [2.24, 2.45) is 0 Å². The smallest absolute Gasteiger partial charge is 0.160 e. The minimum atomic E-state index is 0.648. The highest BCUT2D eigenvalue weighted by atomic mass is 14.9. The number of hydrogen-bond acceptors (Lipinski definition) is 4. The zero-order chi connectivity index (χ0) is 25.0. The van der Waals surface area contributed by atoms with Crippen molar-refractivity contribution in [2.45, 2.75) is 6.92 Å². The fourth-order valence-electron chi connectivity index (χ4n) is 4.23. The minimum absolute atomic E-state index is 0.648. The maximum atomic E-state index is 4.90. The van der Waals surface area contributed by atoms with Crippen LogP contribution in [-0.2, 0) is 0 Å². The summed E-state index contributed by atoms with van der Waals surface area (Å²) in [7, 11) is 0. The third-order valence-electron chi connectivity index (χ3n) is 6.30.